The van der Waals surface area contributed by atoms with Crippen LogP contribution in [-0.4, -0.2) is 98.8 Å². The average molecular weight is 614 g/mol. The van der Waals surface area contributed by atoms with Crippen molar-refractivity contribution >= 4 is 49.7 Å². The number of alkyl halides is 1. The van der Waals surface area contributed by atoms with Gasteiger partial charge in [0.15, 0.2) is 29.8 Å². The third-order valence-corrected chi connectivity index (χ3v) is 8.91. The zero-order valence-electron chi connectivity index (χ0n) is 20.0. The third kappa shape index (κ3) is 5.65. The highest BCUT2D eigenvalue weighted by Gasteiger charge is 2.53. The monoisotopic (exact) mass is 614 g/mol. The van der Waals surface area contributed by atoms with E-state index in [1.165, 1.54) is 18.0 Å². The fourth-order valence-corrected chi connectivity index (χ4v) is 7.08. The molecular formula is C17H25FN8O10P2S. The molecule has 0 saturated carbocycles. The number of H-pyrrole nitrogens is 1. The van der Waals surface area contributed by atoms with Gasteiger partial charge in [0.1, 0.15) is 24.4 Å². The Morgan fingerprint density at radius 1 is 1.33 bits per heavy atom. The molecular weight excluding hydrogens is 589 g/mol. The first-order valence-corrected chi connectivity index (χ1v) is 15.4. The van der Waals surface area contributed by atoms with Crippen molar-refractivity contribution in [2.75, 3.05) is 26.1 Å². The topological polar surface area (TPSA) is 253 Å². The Morgan fingerprint density at radius 2 is 2.08 bits per heavy atom. The fraction of sp³-hybridized carbons (Fsp3) is 0.647. The molecule has 216 valence electrons. The van der Waals surface area contributed by atoms with Crippen LogP contribution in [0.15, 0.2) is 16.1 Å². The summed E-state index contributed by atoms with van der Waals surface area (Å²) in [5.41, 5.74) is 10.3. The van der Waals surface area contributed by atoms with Crippen molar-refractivity contribution in [3.8, 4) is 0 Å². The van der Waals surface area contributed by atoms with Gasteiger partial charge in [-0.3, -0.25) is 23.4 Å². The van der Waals surface area contributed by atoms with Gasteiger partial charge in [-0.25, -0.2) is 24.0 Å². The van der Waals surface area contributed by atoms with Crippen molar-refractivity contribution in [1.82, 2.24) is 24.6 Å². The molecule has 3 saturated heterocycles. The molecule has 18 nitrogen and oxygen atoms in total. The highest BCUT2D eigenvalue weighted by Crippen LogP contribution is 2.52. The summed E-state index contributed by atoms with van der Waals surface area (Å²) in [5.74, 6) is -0.201. The van der Waals surface area contributed by atoms with Gasteiger partial charge in [-0.1, -0.05) is 0 Å². The molecule has 10 unspecified atom stereocenters. The van der Waals surface area contributed by atoms with Crippen LogP contribution in [0.2, 0.25) is 0 Å². The number of imidazole rings is 1. The molecule has 2 bridgehead atoms. The van der Waals surface area contributed by atoms with E-state index in [1.54, 1.807) is 0 Å². The quantitative estimate of drug-likeness (QED) is 0.129. The third-order valence-electron chi connectivity index (χ3n) is 6.23. The summed E-state index contributed by atoms with van der Waals surface area (Å²) >= 11 is 5.20. The van der Waals surface area contributed by atoms with Gasteiger partial charge in [-0.2, -0.15) is 4.98 Å². The summed E-state index contributed by atoms with van der Waals surface area (Å²) in [6.07, 6.45) is -7.18. The fourth-order valence-electron chi connectivity index (χ4n) is 4.57. The van der Waals surface area contributed by atoms with Crippen LogP contribution in [-0.2, 0) is 44.2 Å². The van der Waals surface area contributed by atoms with Crippen molar-refractivity contribution in [3.05, 3.63) is 16.7 Å². The molecule has 5 heterocycles. The molecule has 22 heteroatoms. The van der Waals surface area contributed by atoms with Gasteiger partial charge < -0.3 is 40.0 Å². The maximum absolute atomic E-state index is 15.0. The van der Waals surface area contributed by atoms with Crippen LogP contribution in [0.4, 0.5) is 10.3 Å². The molecule has 39 heavy (non-hydrogen) atoms. The average Bonchev–Trinajstić information content (AvgIpc) is 3.51. The van der Waals surface area contributed by atoms with Gasteiger partial charge in [0.25, 0.3) is 5.56 Å². The molecule has 10 atom stereocenters. The number of hydrogen-bond donors (Lipinski definition) is 6. The summed E-state index contributed by atoms with van der Waals surface area (Å²) < 4.78 is 62.7. The molecule has 0 amide bonds. The van der Waals surface area contributed by atoms with Crippen LogP contribution in [0.1, 0.15) is 6.23 Å². The number of aromatic nitrogens is 4. The summed E-state index contributed by atoms with van der Waals surface area (Å²) in [6, 6.07) is -1.46. The largest absolute Gasteiger partial charge is 0.403 e. The lowest BCUT2D eigenvalue weighted by Crippen LogP contribution is -2.43. The summed E-state index contributed by atoms with van der Waals surface area (Å²) in [5, 5.41) is 2.20. The van der Waals surface area contributed by atoms with Crippen LogP contribution in [0, 0.1) is 0 Å². The van der Waals surface area contributed by atoms with Crippen molar-refractivity contribution in [1.29, 1.82) is 0 Å². The van der Waals surface area contributed by atoms with Crippen LogP contribution in [0.3, 0.4) is 0 Å². The highest BCUT2D eigenvalue weighted by atomic mass is 32.5. The smallest absolute Gasteiger partial charge is 0.390 e. The lowest BCUT2D eigenvalue weighted by Gasteiger charge is -2.28. The van der Waals surface area contributed by atoms with Gasteiger partial charge >= 0.3 is 14.5 Å². The molecule has 3 fully saturated rings. The van der Waals surface area contributed by atoms with Gasteiger partial charge in [0.2, 0.25) is 5.95 Å². The number of rotatable bonds is 3. The first kappa shape index (κ1) is 28.6. The number of aromatic amines is 1. The van der Waals surface area contributed by atoms with Crippen molar-refractivity contribution < 1.29 is 46.5 Å². The number of nitrogens with two attached hydrogens (primary N) is 2. The van der Waals surface area contributed by atoms with Crippen LogP contribution in [0.25, 0.3) is 11.2 Å². The van der Waals surface area contributed by atoms with E-state index >= 15 is 4.39 Å². The van der Waals surface area contributed by atoms with Gasteiger partial charge in [0.05, 0.1) is 31.9 Å². The number of fused-ring (bicyclic) bond motifs is 4. The Hall–Kier alpha value is -1.93. The number of nitrogens with one attached hydrogen (secondary N) is 2. The summed E-state index contributed by atoms with van der Waals surface area (Å²) in [4.78, 5) is 47.8. The molecule has 0 radical (unpaired) electrons. The van der Waals surface area contributed by atoms with Crippen LogP contribution >= 0.6 is 14.5 Å². The zero-order chi connectivity index (χ0) is 28.1. The van der Waals surface area contributed by atoms with E-state index in [2.05, 4.69) is 25.0 Å². The molecule has 5 rings (SSSR count). The second-order valence-electron chi connectivity index (χ2n) is 8.65. The Labute approximate surface area is 223 Å². The Kier molecular flexibility index (Phi) is 7.92. The zero-order valence-corrected chi connectivity index (χ0v) is 22.6. The van der Waals surface area contributed by atoms with E-state index in [4.69, 9.17) is 51.1 Å². The van der Waals surface area contributed by atoms with Gasteiger partial charge in [0, 0.05) is 7.11 Å². The maximum atomic E-state index is 15.0. The number of ether oxygens (including phenoxy) is 3. The highest BCUT2D eigenvalue weighted by molar-refractivity contribution is 8.07. The van der Waals surface area contributed by atoms with E-state index in [-0.39, 0.29) is 17.1 Å². The maximum Gasteiger partial charge on any atom is 0.403 e. The lowest BCUT2D eigenvalue weighted by molar-refractivity contribution is -0.0516. The Balaban J connectivity index is 1.51. The minimum atomic E-state index is -4.70. The molecule has 2 aromatic rings. The summed E-state index contributed by atoms with van der Waals surface area (Å²) in [6.45, 7) is -5.27. The number of halogens is 1. The SMILES string of the molecule is COC1C2COP(=O)(O)NC3C(COP(O)(=S)OC1C(n1cnc4c(=O)[nH]c(N)nc41)O2)OC(N=CN)C3F. The minimum absolute atomic E-state index is 0.0109. The number of anilines is 1. The minimum Gasteiger partial charge on any atom is -0.390 e. The molecule has 0 aliphatic carbocycles. The van der Waals surface area contributed by atoms with E-state index in [9.17, 15) is 19.1 Å². The molecule has 3 aliphatic rings. The van der Waals surface area contributed by atoms with E-state index in [0.717, 1.165) is 6.34 Å². The lowest BCUT2D eigenvalue weighted by atomic mass is 10.1. The molecule has 3 aliphatic heterocycles. The van der Waals surface area contributed by atoms with Gasteiger partial charge in [-0.05, 0) is 11.8 Å². The van der Waals surface area contributed by atoms with Crippen LogP contribution < -0.4 is 22.1 Å². The Morgan fingerprint density at radius 3 is 2.79 bits per heavy atom. The predicted molar refractivity (Wildman–Crippen MR) is 134 cm³/mol. The Bertz CT molecular complexity index is 1410. The van der Waals surface area contributed by atoms with E-state index in [0.29, 0.717) is 0 Å². The van der Waals surface area contributed by atoms with Crippen molar-refractivity contribution in [3.63, 3.8) is 0 Å². The number of methoxy groups -OCH3 is 1. The normalized spacial score (nSPS) is 41.7. The number of nitrogens with zero attached hydrogens (tertiary/aromatic N) is 4. The van der Waals surface area contributed by atoms with E-state index < -0.39 is 82.3 Å². The molecule has 2 aromatic heterocycles. The molecule has 8 N–H and O–H groups in total. The number of nitrogen functional groups attached to an aromatic ring is 1. The number of hydrogen-bond acceptors (Lipinski definition) is 13. The number of aliphatic imine (C=N–C) groups is 1. The first-order valence-electron chi connectivity index (χ1n) is 11.3. The van der Waals surface area contributed by atoms with E-state index in [1.807, 2.05) is 0 Å². The van der Waals surface area contributed by atoms with Gasteiger partial charge in [-0.15, -0.1) is 0 Å². The second kappa shape index (κ2) is 10.8. The molecule has 0 spiro atoms. The van der Waals surface area contributed by atoms with Crippen molar-refractivity contribution in [2.24, 2.45) is 10.7 Å². The molecule has 0 aromatic carbocycles. The predicted octanol–water partition coefficient (Wildman–Crippen LogP) is -1.63. The second-order valence-corrected chi connectivity index (χ2v) is 13.0. The summed E-state index contributed by atoms with van der Waals surface area (Å²) in [7, 11) is -3.40. The van der Waals surface area contributed by atoms with Crippen LogP contribution in [0.5, 0.6) is 0 Å². The van der Waals surface area contributed by atoms with Crippen molar-refractivity contribution in [2.45, 2.75) is 49.1 Å². The standard InChI is InChI=1S/C17H25FN8O10P2S/c1-31-11-7-3-32-37(28,29)25-9-6(34-15(8(9)18)21-4-19)2-33-38(30,39)36-12(11)16(35-7)26-5-22-10-13(26)23-17(20)24-14(10)27/h4-9,11-12,15-16H,2-3H2,1H3,(H2,19,21)(H,30,39)(H2,25,28,29)(H3,20,23,24,27). The first-order chi connectivity index (χ1) is 18.4.